The van der Waals surface area contributed by atoms with Crippen molar-refractivity contribution in [3.05, 3.63) is 77.5 Å². The van der Waals surface area contributed by atoms with Crippen LogP contribution in [0, 0.1) is 6.92 Å². The van der Waals surface area contributed by atoms with Crippen molar-refractivity contribution in [2.24, 2.45) is 0 Å². The zero-order valence-electron chi connectivity index (χ0n) is 17.1. The van der Waals surface area contributed by atoms with Crippen LogP contribution in [-0.4, -0.2) is 22.1 Å². The zero-order chi connectivity index (χ0) is 19.7. The van der Waals surface area contributed by atoms with Crippen LogP contribution in [-0.2, 0) is 13.0 Å². The van der Waals surface area contributed by atoms with E-state index in [1.54, 1.807) is 0 Å². The van der Waals surface area contributed by atoms with Crippen molar-refractivity contribution in [2.45, 2.75) is 52.7 Å². The third kappa shape index (κ3) is 3.59. The van der Waals surface area contributed by atoms with Crippen LogP contribution in [0.2, 0.25) is 0 Å². The molecule has 3 aromatic rings. The maximum atomic E-state index is 5.02. The Balaban J connectivity index is 1.72. The number of anilines is 3. The van der Waals surface area contributed by atoms with Crippen molar-refractivity contribution in [2.75, 3.05) is 9.80 Å². The lowest BCUT2D eigenvalue weighted by Crippen LogP contribution is -2.33. The zero-order valence-corrected chi connectivity index (χ0v) is 17.1. The molecule has 1 aliphatic heterocycles. The van der Waals surface area contributed by atoms with Crippen molar-refractivity contribution >= 4 is 17.5 Å². The molecule has 0 spiro atoms. The van der Waals surface area contributed by atoms with E-state index in [-0.39, 0.29) is 0 Å². The molecular formula is C24H28N4. The molecule has 28 heavy (non-hydrogen) atoms. The quantitative estimate of drug-likeness (QED) is 0.610. The van der Waals surface area contributed by atoms with Gasteiger partial charge < -0.3 is 9.80 Å². The van der Waals surface area contributed by atoms with Gasteiger partial charge in [0.05, 0.1) is 0 Å². The number of hydrogen-bond acceptors (Lipinski definition) is 4. The number of para-hydroxylation sites is 1. The van der Waals surface area contributed by atoms with Gasteiger partial charge in [0.25, 0.3) is 0 Å². The van der Waals surface area contributed by atoms with E-state index < -0.39 is 0 Å². The van der Waals surface area contributed by atoms with Crippen LogP contribution >= 0.6 is 0 Å². The highest BCUT2D eigenvalue weighted by molar-refractivity contribution is 5.69. The predicted octanol–water partition coefficient (Wildman–Crippen LogP) is 5.28. The second-order valence-electron chi connectivity index (χ2n) is 7.93. The van der Waals surface area contributed by atoms with Gasteiger partial charge >= 0.3 is 0 Å². The Morgan fingerprint density at radius 2 is 1.75 bits per heavy atom. The van der Waals surface area contributed by atoms with Crippen LogP contribution in [0.3, 0.4) is 0 Å². The van der Waals surface area contributed by atoms with Gasteiger partial charge in [-0.15, -0.1) is 0 Å². The molecule has 1 aliphatic rings. The molecule has 0 fully saturated rings. The summed E-state index contributed by atoms with van der Waals surface area (Å²) >= 11 is 0. The summed E-state index contributed by atoms with van der Waals surface area (Å²) in [5.41, 5.74) is 4.91. The third-order valence-electron chi connectivity index (χ3n) is 5.36. The van der Waals surface area contributed by atoms with E-state index in [0.717, 1.165) is 30.4 Å². The number of hydrogen-bond donors (Lipinski definition) is 0. The first-order valence-corrected chi connectivity index (χ1v) is 10.1. The molecule has 1 aromatic heterocycles. The van der Waals surface area contributed by atoms with Gasteiger partial charge in [0.15, 0.2) is 0 Å². The van der Waals surface area contributed by atoms with E-state index in [1.807, 2.05) is 0 Å². The largest absolute Gasteiger partial charge is 0.334 e. The standard InChI is InChI=1S/C24H28N4/c1-17(2)27(16-20-10-6-5-7-11-20)24-25-18(3)14-23(26-24)28-19(4)15-21-12-8-9-13-22(21)28/h5-14,17,19H,15-16H2,1-4H3. The molecule has 2 aromatic carbocycles. The Bertz CT molecular complexity index is 952. The van der Waals surface area contributed by atoms with Crippen LogP contribution in [0.5, 0.6) is 0 Å². The smallest absolute Gasteiger partial charge is 0.228 e. The Hall–Kier alpha value is -2.88. The van der Waals surface area contributed by atoms with E-state index >= 15 is 0 Å². The van der Waals surface area contributed by atoms with E-state index in [2.05, 4.69) is 98.2 Å². The molecule has 1 atom stereocenters. The van der Waals surface area contributed by atoms with Gasteiger partial charge in [0.2, 0.25) is 5.95 Å². The molecule has 0 saturated heterocycles. The number of aromatic nitrogens is 2. The fourth-order valence-electron chi connectivity index (χ4n) is 3.97. The summed E-state index contributed by atoms with van der Waals surface area (Å²) in [6, 6.07) is 22.0. The van der Waals surface area contributed by atoms with Gasteiger partial charge in [0, 0.05) is 36.1 Å². The van der Waals surface area contributed by atoms with E-state index in [9.17, 15) is 0 Å². The van der Waals surface area contributed by atoms with Gasteiger partial charge in [-0.3, -0.25) is 0 Å². The number of fused-ring (bicyclic) bond motifs is 1. The van der Waals surface area contributed by atoms with Crippen molar-refractivity contribution in [3.63, 3.8) is 0 Å². The highest BCUT2D eigenvalue weighted by atomic mass is 15.3. The van der Waals surface area contributed by atoms with Gasteiger partial charge in [-0.25, -0.2) is 4.98 Å². The minimum atomic E-state index is 0.304. The Labute approximate surface area is 167 Å². The Kier molecular flexibility index (Phi) is 5.03. The third-order valence-corrected chi connectivity index (χ3v) is 5.36. The molecule has 0 radical (unpaired) electrons. The second-order valence-corrected chi connectivity index (χ2v) is 7.93. The first-order chi connectivity index (χ1) is 13.5. The summed E-state index contributed by atoms with van der Waals surface area (Å²) in [4.78, 5) is 14.4. The molecule has 4 rings (SSSR count). The fraction of sp³-hybridized carbons (Fsp3) is 0.333. The SMILES string of the molecule is Cc1cc(N2c3ccccc3CC2C)nc(N(Cc2ccccc2)C(C)C)n1. The van der Waals surface area contributed by atoms with Crippen LogP contribution in [0.4, 0.5) is 17.5 Å². The number of benzene rings is 2. The van der Waals surface area contributed by atoms with Gasteiger partial charge in [0.1, 0.15) is 5.82 Å². The summed E-state index contributed by atoms with van der Waals surface area (Å²) < 4.78 is 0. The highest BCUT2D eigenvalue weighted by Crippen LogP contribution is 2.38. The van der Waals surface area contributed by atoms with Gasteiger partial charge in [-0.05, 0) is 51.3 Å². The van der Waals surface area contributed by atoms with Crippen molar-refractivity contribution in [1.82, 2.24) is 9.97 Å². The molecule has 0 amide bonds. The molecule has 0 saturated carbocycles. The molecule has 1 unspecified atom stereocenters. The monoisotopic (exact) mass is 372 g/mol. The van der Waals surface area contributed by atoms with Crippen LogP contribution < -0.4 is 9.80 Å². The summed E-state index contributed by atoms with van der Waals surface area (Å²) in [5, 5.41) is 0. The molecule has 2 heterocycles. The topological polar surface area (TPSA) is 32.3 Å². The first-order valence-electron chi connectivity index (χ1n) is 10.1. The first kappa shape index (κ1) is 18.5. The number of aryl methyl sites for hydroxylation is 1. The lowest BCUT2D eigenvalue weighted by atomic mass is 10.1. The van der Waals surface area contributed by atoms with E-state index in [0.29, 0.717) is 12.1 Å². The average molecular weight is 373 g/mol. The molecule has 0 bridgehead atoms. The molecular weight excluding hydrogens is 344 g/mol. The molecule has 4 heteroatoms. The average Bonchev–Trinajstić information content (AvgIpc) is 3.02. The minimum absolute atomic E-state index is 0.304. The van der Waals surface area contributed by atoms with Gasteiger partial charge in [-0.2, -0.15) is 4.98 Å². The normalized spacial score (nSPS) is 15.8. The summed E-state index contributed by atoms with van der Waals surface area (Å²) in [6.45, 7) is 9.52. The molecule has 0 N–H and O–H groups in total. The summed E-state index contributed by atoms with van der Waals surface area (Å²) in [6.07, 6.45) is 1.05. The molecule has 4 nitrogen and oxygen atoms in total. The lowest BCUT2D eigenvalue weighted by molar-refractivity contribution is 0.656. The highest BCUT2D eigenvalue weighted by Gasteiger charge is 2.28. The van der Waals surface area contributed by atoms with Crippen LogP contribution in [0.15, 0.2) is 60.7 Å². The second kappa shape index (κ2) is 7.63. The molecule has 0 aliphatic carbocycles. The van der Waals surface area contributed by atoms with Gasteiger partial charge in [-0.1, -0.05) is 48.5 Å². The van der Waals surface area contributed by atoms with Crippen molar-refractivity contribution in [3.8, 4) is 0 Å². The number of nitrogens with zero attached hydrogens (tertiary/aromatic N) is 4. The molecule has 144 valence electrons. The van der Waals surface area contributed by atoms with Crippen molar-refractivity contribution in [1.29, 1.82) is 0 Å². The summed E-state index contributed by atoms with van der Waals surface area (Å²) in [5.74, 6) is 1.78. The lowest BCUT2D eigenvalue weighted by Gasteiger charge is -2.30. The Morgan fingerprint density at radius 1 is 1.04 bits per heavy atom. The Morgan fingerprint density at radius 3 is 2.50 bits per heavy atom. The van der Waals surface area contributed by atoms with Crippen LogP contribution in [0.1, 0.15) is 37.6 Å². The maximum Gasteiger partial charge on any atom is 0.228 e. The maximum absolute atomic E-state index is 5.02. The van der Waals surface area contributed by atoms with Crippen LogP contribution in [0.25, 0.3) is 0 Å². The van der Waals surface area contributed by atoms with E-state index in [1.165, 1.54) is 16.8 Å². The summed E-state index contributed by atoms with van der Waals surface area (Å²) in [7, 11) is 0. The number of rotatable bonds is 5. The van der Waals surface area contributed by atoms with E-state index in [4.69, 9.17) is 9.97 Å². The predicted molar refractivity (Wildman–Crippen MR) is 116 cm³/mol. The fourth-order valence-corrected chi connectivity index (χ4v) is 3.97. The minimum Gasteiger partial charge on any atom is -0.334 e. The van der Waals surface area contributed by atoms with Crippen molar-refractivity contribution < 1.29 is 0 Å².